The van der Waals surface area contributed by atoms with Gasteiger partial charge in [0.05, 0.1) is 11.3 Å². The van der Waals surface area contributed by atoms with Crippen molar-refractivity contribution in [2.75, 3.05) is 18.1 Å². The van der Waals surface area contributed by atoms with E-state index in [-0.39, 0.29) is 23.5 Å². The van der Waals surface area contributed by atoms with Gasteiger partial charge in [-0.25, -0.2) is 13.2 Å². The fraction of sp³-hybridized carbons (Fsp3) is 0.480. The Morgan fingerprint density at radius 3 is 2.39 bits per heavy atom. The molecule has 0 radical (unpaired) electrons. The predicted molar refractivity (Wildman–Crippen MR) is 124 cm³/mol. The molecule has 1 heterocycles. The van der Waals surface area contributed by atoms with E-state index in [2.05, 4.69) is 0 Å². The number of hydrogen-bond donors (Lipinski definition) is 1. The van der Waals surface area contributed by atoms with Gasteiger partial charge in [0.15, 0.2) is 5.50 Å². The number of alkyl halides is 6. The Balaban J connectivity index is 1.76. The average Bonchev–Trinajstić information content (AvgIpc) is 3.59. The van der Waals surface area contributed by atoms with Crippen molar-refractivity contribution in [2.24, 2.45) is 11.3 Å². The number of fused-ring (bicyclic) bond motifs is 1. The van der Waals surface area contributed by atoms with Gasteiger partial charge in [0.1, 0.15) is 17.8 Å². The topological polar surface area (TPSA) is 49.8 Å². The summed E-state index contributed by atoms with van der Waals surface area (Å²) < 4.78 is 90.1. The van der Waals surface area contributed by atoms with Crippen molar-refractivity contribution in [3.05, 3.63) is 48.0 Å². The molecule has 1 aliphatic carbocycles. The molecule has 2 aliphatic rings. The summed E-state index contributed by atoms with van der Waals surface area (Å²) in [6.07, 6.45) is -4.96. The molecule has 0 spiro atoms. The maximum atomic E-state index is 15.4. The Morgan fingerprint density at radius 1 is 1.17 bits per heavy atom. The molecule has 1 N–H and O–H groups in total. The number of anilines is 2. The monoisotopic (exact) mass is 533 g/mol. The molecule has 36 heavy (non-hydrogen) atoms. The van der Waals surface area contributed by atoms with Crippen LogP contribution in [0.25, 0.3) is 0 Å². The highest BCUT2D eigenvalue weighted by atomic mass is 32.2. The lowest BCUT2D eigenvalue weighted by Crippen LogP contribution is -2.29. The van der Waals surface area contributed by atoms with E-state index in [9.17, 15) is 31.9 Å². The molecule has 4 nitrogen and oxygen atoms in total. The van der Waals surface area contributed by atoms with E-state index in [4.69, 9.17) is 4.74 Å². The summed E-state index contributed by atoms with van der Waals surface area (Å²) in [7, 11) is 0. The number of aliphatic carboxylic acids is 1. The molecule has 4 rings (SSSR count). The first-order chi connectivity index (χ1) is 16.8. The zero-order valence-corrected chi connectivity index (χ0v) is 20.1. The molecular formula is C25H25F6NO3S. The van der Waals surface area contributed by atoms with Crippen LogP contribution < -0.4 is 9.64 Å². The van der Waals surface area contributed by atoms with Crippen molar-refractivity contribution in [1.29, 1.82) is 0 Å². The lowest BCUT2D eigenvalue weighted by molar-refractivity contribution is -0.144. The van der Waals surface area contributed by atoms with Crippen LogP contribution in [0.2, 0.25) is 0 Å². The SMILES string of the molecule is CC(F)(F)CCC1CN(c2ccccc2)c2cc(C(F)(F)F)c(OCC3(C(=O)O)CC3)cc2SC1F. The third-order valence-electron chi connectivity index (χ3n) is 6.52. The lowest BCUT2D eigenvalue weighted by Gasteiger charge is -2.29. The second-order valence-corrected chi connectivity index (χ2v) is 10.6. The van der Waals surface area contributed by atoms with Crippen molar-refractivity contribution in [1.82, 2.24) is 0 Å². The summed E-state index contributed by atoms with van der Waals surface area (Å²) in [5, 5.41) is 9.36. The number of para-hydroxylation sites is 1. The number of carboxylic acid groups (broad SMARTS) is 1. The third kappa shape index (κ3) is 5.87. The number of rotatable bonds is 8. The maximum Gasteiger partial charge on any atom is 0.420 e. The van der Waals surface area contributed by atoms with Gasteiger partial charge >= 0.3 is 12.1 Å². The Morgan fingerprint density at radius 2 is 1.83 bits per heavy atom. The number of halogens is 6. The number of carbonyl (C=O) groups is 1. The number of benzene rings is 2. The Bertz CT molecular complexity index is 1100. The van der Waals surface area contributed by atoms with E-state index < -0.39 is 59.2 Å². The van der Waals surface area contributed by atoms with E-state index in [1.54, 1.807) is 30.3 Å². The Kier molecular flexibility index (Phi) is 7.15. The summed E-state index contributed by atoms with van der Waals surface area (Å²) >= 11 is 0.662. The van der Waals surface area contributed by atoms with Gasteiger partial charge in [-0.05, 0) is 50.5 Å². The minimum Gasteiger partial charge on any atom is -0.492 e. The van der Waals surface area contributed by atoms with Gasteiger partial charge in [-0.1, -0.05) is 30.0 Å². The second kappa shape index (κ2) is 9.72. The van der Waals surface area contributed by atoms with Crippen molar-refractivity contribution in [3.63, 3.8) is 0 Å². The molecule has 11 heteroatoms. The minimum absolute atomic E-state index is 0.0821. The normalized spacial score (nSPS) is 21.5. The van der Waals surface area contributed by atoms with Gasteiger partial charge in [0, 0.05) is 29.5 Å². The van der Waals surface area contributed by atoms with Crippen LogP contribution in [0.4, 0.5) is 37.7 Å². The van der Waals surface area contributed by atoms with Crippen molar-refractivity contribution < 1.29 is 41.0 Å². The fourth-order valence-electron chi connectivity index (χ4n) is 4.13. The molecule has 1 saturated carbocycles. The van der Waals surface area contributed by atoms with Crippen LogP contribution in [-0.4, -0.2) is 35.7 Å². The molecular weight excluding hydrogens is 508 g/mol. The van der Waals surface area contributed by atoms with Crippen molar-refractivity contribution in [2.45, 2.75) is 55.1 Å². The van der Waals surface area contributed by atoms with Crippen LogP contribution in [-0.2, 0) is 11.0 Å². The highest BCUT2D eigenvalue weighted by Crippen LogP contribution is 2.51. The summed E-state index contributed by atoms with van der Waals surface area (Å²) in [6, 6.07) is 10.3. The molecule has 0 saturated heterocycles. The second-order valence-electron chi connectivity index (χ2n) is 9.47. The number of hydrogen-bond acceptors (Lipinski definition) is 4. The molecule has 2 atom stereocenters. The lowest BCUT2D eigenvalue weighted by atomic mass is 10.00. The zero-order valence-electron chi connectivity index (χ0n) is 19.3. The molecule has 0 amide bonds. The molecule has 2 unspecified atom stereocenters. The maximum absolute atomic E-state index is 15.4. The minimum atomic E-state index is -4.83. The van der Waals surface area contributed by atoms with Crippen LogP contribution in [0, 0.1) is 11.3 Å². The smallest absolute Gasteiger partial charge is 0.420 e. The quantitative estimate of drug-likeness (QED) is 0.355. The van der Waals surface area contributed by atoms with Gasteiger partial charge in [0.25, 0.3) is 0 Å². The van der Waals surface area contributed by atoms with E-state index in [0.29, 0.717) is 30.3 Å². The Labute approximate surface area is 208 Å². The molecule has 2 aromatic carbocycles. The van der Waals surface area contributed by atoms with Crippen LogP contribution in [0.3, 0.4) is 0 Å². The van der Waals surface area contributed by atoms with Gasteiger partial charge in [-0.3, -0.25) is 4.79 Å². The van der Waals surface area contributed by atoms with Gasteiger partial charge in [-0.15, -0.1) is 0 Å². The van der Waals surface area contributed by atoms with E-state index in [0.717, 1.165) is 19.1 Å². The number of thioether (sulfide) groups is 1. The largest absolute Gasteiger partial charge is 0.492 e. The average molecular weight is 534 g/mol. The number of nitrogens with zero attached hydrogens (tertiary/aromatic N) is 1. The van der Waals surface area contributed by atoms with Gasteiger partial charge in [-0.2, -0.15) is 13.2 Å². The molecule has 0 aromatic heterocycles. The van der Waals surface area contributed by atoms with Gasteiger partial charge in [0.2, 0.25) is 5.92 Å². The molecule has 0 bridgehead atoms. The first kappa shape index (κ1) is 26.5. The van der Waals surface area contributed by atoms with Crippen LogP contribution >= 0.6 is 11.8 Å². The van der Waals surface area contributed by atoms with E-state index >= 15 is 4.39 Å². The standard InChI is InChI=1S/C25H25F6NO3S/c1-23(27,28)8-7-15-13-32(16-5-3-2-4-6-16)18-11-17(25(29,30)31)19(12-20(18)36-21(15)26)35-14-24(9-10-24)22(33)34/h2-6,11-12,15,21H,7-10,13-14H2,1H3,(H,33,34). The van der Waals surface area contributed by atoms with Crippen molar-refractivity contribution >= 4 is 29.1 Å². The van der Waals surface area contributed by atoms with Crippen molar-refractivity contribution in [3.8, 4) is 5.75 Å². The third-order valence-corrected chi connectivity index (χ3v) is 7.71. The molecule has 2 aromatic rings. The van der Waals surface area contributed by atoms with E-state index in [1.807, 2.05) is 0 Å². The molecule has 1 fully saturated rings. The Hall–Kier alpha value is -2.56. The summed E-state index contributed by atoms with van der Waals surface area (Å²) in [4.78, 5) is 13.1. The number of carboxylic acids is 1. The summed E-state index contributed by atoms with van der Waals surface area (Å²) in [6.45, 7) is 0.211. The summed E-state index contributed by atoms with van der Waals surface area (Å²) in [5.41, 5.74) is -3.42. The van der Waals surface area contributed by atoms with Crippen LogP contribution in [0.1, 0.15) is 38.2 Å². The molecule has 196 valence electrons. The first-order valence-electron chi connectivity index (χ1n) is 11.4. The highest BCUT2D eigenvalue weighted by molar-refractivity contribution is 8.00. The highest BCUT2D eigenvalue weighted by Gasteiger charge is 2.51. The zero-order chi connectivity index (χ0) is 26.3. The molecule has 1 aliphatic heterocycles. The summed E-state index contributed by atoms with van der Waals surface area (Å²) in [5.74, 6) is -5.61. The fourth-order valence-corrected chi connectivity index (χ4v) is 5.25. The van der Waals surface area contributed by atoms with Crippen LogP contribution in [0.5, 0.6) is 5.75 Å². The number of ether oxygens (including phenoxy) is 1. The predicted octanol–water partition coefficient (Wildman–Crippen LogP) is 7.54. The van der Waals surface area contributed by atoms with Crippen LogP contribution in [0.15, 0.2) is 47.4 Å². The van der Waals surface area contributed by atoms with E-state index in [1.165, 1.54) is 4.90 Å². The first-order valence-corrected chi connectivity index (χ1v) is 12.3. The van der Waals surface area contributed by atoms with Gasteiger partial charge < -0.3 is 14.7 Å².